The van der Waals surface area contributed by atoms with E-state index in [1.54, 1.807) is 17.8 Å². The SMILES string of the molecule is CSCCC(NC(=O)c1cccc([N+](=O)[O-])c1)C(=O)Nc1ccc(Br)c(C)c1. The van der Waals surface area contributed by atoms with Crippen molar-refractivity contribution in [2.45, 2.75) is 19.4 Å². The van der Waals surface area contributed by atoms with Crippen molar-refractivity contribution in [1.82, 2.24) is 5.32 Å². The van der Waals surface area contributed by atoms with Crippen LogP contribution in [0.4, 0.5) is 11.4 Å². The topological polar surface area (TPSA) is 101 Å². The lowest BCUT2D eigenvalue weighted by atomic mass is 10.1. The number of halogens is 1. The Labute approximate surface area is 175 Å². The van der Waals surface area contributed by atoms with Gasteiger partial charge < -0.3 is 10.6 Å². The number of hydrogen-bond donors (Lipinski definition) is 2. The molecule has 0 aromatic heterocycles. The predicted molar refractivity (Wildman–Crippen MR) is 115 cm³/mol. The van der Waals surface area contributed by atoms with Gasteiger partial charge in [-0.25, -0.2) is 0 Å². The molecule has 0 fully saturated rings. The van der Waals surface area contributed by atoms with Gasteiger partial charge in [0.25, 0.3) is 11.6 Å². The molecule has 0 bridgehead atoms. The molecule has 28 heavy (non-hydrogen) atoms. The van der Waals surface area contributed by atoms with Crippen LogP contribution >= 0.6 is 27.7 Å². The maximum Gasteiger partial charge on any atom is 0.270 e. The number of rotatable bonds is 8. The number of carbonyl (C=O) groups is 2. The molecule has 0 aliphatic rings. The van der Waals surface area contributed by atoms with Gasteiger partial charge >= 0.3 is 0 Å². The number of nitrogens with one attached hydrogen (secondary N) is 2. The number of nitro groups is 1. The van der Waals surface area contributed by atoms with E-state index < -0.39 is 16.9 Å². The van der Waals surface area contributed by atoms with E-state index in [0.717, 1.165) is 10.0 Å². The van der Waals surface area contributed by atoms with Crippen molar-refractivity contribution in [3.8, 4) is 0 Å². The zero-order valence-corrected chi connectivity index (χ0v) is 17.8. The minimum absolute atomic E-state index is 0.135. The van der Waals surface area contributed by atoms with Gasteiger partial charge in [0.15, 0.2) is 0 Å². The fourth-order valence-electron chi connectivity index (χ4n) is 2.46. The highest BCUT2D eigenvalue weighted by Gasteiger charge is 2.22. The van der Waals surface area contributed by atoms with Crippen LogP contribution in [0.25, 0.3) is 0 Å². The maximum absolute atomic E-state index is 12.7. The molecule has 1 atom stereocenters. The molecule has 9 heteroatoms. The zero-order valence-electron chi connectivity index (χ0n) is 15.4. The number of thioether (sulfide) groups is 1. The van der Waals surface area contributed by atoms with Gasteiger partial charge in [-0.2, -0.15) is 11.8 Å². The second kappa shape index (κ2) is 10.2. The Hall–Kier alpha value is -2.39. The Morgan fingerprint density at radius 1 is 1.25 bits per heavy atom. The van der Waals surface area contributed by atoms with Gasteiger partial charge in [-0.1, -0.05) is 22.0 Å². The molecule has 2 rings (SSSR count). The van der Waals surface area contributed by atoms with Crippen LogP contribution in [0.5, 0.6) is 0 Å². The number of anilines is 1. The van der Waals surface area contributed by atoms with Gasteiger partial charge in [0.1, 0.15) is 6.04 Å². The number of nitro benzene ring substituents is 1. The highest BCUT2D eigenvalue weighted by atomic mass is 79.9. The summed E-state index contributed by atoms with van der Waals surface area (Å²) in [5.41, 5.74) is 1.56. The van der Waals surface area contributed by atoms with Crippen LogP contribution in [0.2, 0.25) is 0 Å². The summed E-state index contributed by atoms with van der Waals surface area (Å²) in [6.07, 6.45) is 2.35. The van der Waals surface area contributed by atoms with Crippen molar-refractivity contribution >= 4 is 50.9 Å². The molecule has 2 amide bonds. The van der Waals surface area contributed by atoms with E-state index >= 15 is 0 Å². The monoisotopic (exact) mass is 465 g/mol. The van der Waals surface area contributed by atoms with Crippen molar-refractivity contribution in [2.75, 3.05) is 17.3 Å². The first kappa shape index (κ1) is 21.9. The Morgan fingerprint density at radius 3 is 2.64 bits per heavy atom. The van der Waals surface area contributed by atoms with E-state index in [-0.39, 0.29) is 17.2 Å². The molecular formula is C19H20BrN3O4S. The molecule has 2 N–H and O–H groups in total. The van der Waals surface area contributed by atoms with Gasteiger partial charge in [-0.15, -0.1) is 0 Å². The lowest BCUT2D eigenvalue weighted by Crippen LogP contribution is -2.44. The summed E-state index contributed by atoms with van der Waals surface area (Å²) in [4.78, 5) is 35.6. The standard InChI is InChI=1S/C19H20BrN3O4S/c1-12-10-14(6-7-16(12)20)21-19(25)17(8-9-28-2)22-18(24)13-4-3-5-15(11-13)23(26)27/h3-7,10-11,17H,8-9H2,1-2H3,(H,21,25)(H,22,24). The smallest absolute Gasteiger partial charge is 0.270 e. The van der Waals surface area contributed by atoms with Crippen LogP contribution in [-0.4, -0.2) is 34.8 Å². The van der Waals surface area contributed by atoms with Crippen LogP contribution in [0.15, 0.2) is 46.9 Å². The molecule has 2 aromatic carbocycles. The molecular weight excluding hydrogens is 446 g/mol. The third-order valence-corrected chi connectivity index (χ3v) is 5.51. The molecule has 0 saturated heterocycles. The summed E-state index contributed by atoms with van der Waals surface area (Å²) in [6, 6.07) is 10.1. The second-order valence-electron chi connectivity index (χ2n) is 6.07. The number of nitrogens with zero attached hydrogens (tertiary/aromatic N) is 1. The van der Waals surface area contributed by atoms with Gasteiger partial charge in [-0.3, -0.25) is 19.7 Å². The number of aryl methyl sites for hydroxylation is 1. The Morgan fingerprint density at radius 2 is 2.00 bits per heavy atom. The molecule has 0 radical (unpaired) electrons. The van der Waals surface area contributed by atoms with Crippen molar-refractivity contribution in [3.05, 3.63) is 68.2 Å². The van der Waals surface area contributed by atoms with Crippen molar-refractivity contribution < 1.29 is 14.5 Å². The van der Waals surface area contributed by atoms with E-state index in [4.69, 9.17) is 0 Å². The molecule has 148 valence electrons. The number of amides is 2. The third-order valence-electron chi connectivity index (χ3n) is 3.98. The van der Waals surface area contributed by atoms with Crippen LogP contribution in [0, 0.1) is 17.0 Å². The highest BCUT2D eigenvalue weighted by molar-refractivity contribution is 9.10. The van der Waals surface area contributed by atoms with E-state index in [2.05, 4.69) is 26.6 Å². The molecule has 7 nitrogen and oxygen atoms in total. The highest BCUT2D eigenvalue weighted by Crippen LogP contribution is 2.20. The quantitative estimate of drug-likeness (QED) is 0.450. The largest absolute Gasteiger partial charge is 0.340 e. The zero-order chi connectivity index (χ0) is 20.7. The number of hydrogen-bond acceptors (Lipinski definition) is 5. The van der Waals surface area contributed by atoms with Crippen LogP contribution < -0.4 is 10.6 Å². The lowest BCUT2D eigenvalue weighted by molar-refractivity contribution is -0.384. The van der Waals surface area contributed by atoms with E-state index in [1.807, 2.05) is 25.3 Å². The van der Waals surface area contributed by atoms with Crippen LogP contribution in [0.3, 0.4) is 0 Å². The van der Waals surface area contributed by atoms with E-state index in [9.17, 15) is 19.7 Å². The summed E-state index contributed by atoms with van der Waals surface area (Å²) in [6.45, 7) is 1.91. The Balaban J connectivity index is 2.14. The summed E-state index contributed by atoms with van der Waals surface area (Å²) in [5.74, 6) is -0.196. The normalized spacial score (nSPS) is 11.5. The van der Waals surface area contributed by atoms with Gasteiger partial charge in [-0.05, 0) is 55.2 Å². The molecule has 0 saturated carbocycles. The summed E-state index contributed by atoms with van der Waals surface area (Å²) < 4.78 is 0.934. The second-order valence-corrected chi connectivity index (χ2v) is 7.91. The Kier molecular flexibility index (Phi) is 8.01. The average Bonchev–Trinajstić information content (AvgIpc) is 2.67. The molecule has 0 aliphatic heterocycles. The van der Waals surface area contributed by atoms with Crippen LogP contribution in [0.1, 0.15) is 22.3 Å². The van der Waals surface area contributed by atoms with Gasteiger partial charge in [0.05, 0.1) is 4.92 Å². The maximum atomic E-state index is 12.7. The van der Waals surface area contributed by atoms with Crippen molar-refractivity contribution in [2.24, 2.45) is 0 Å². The summed E-state index contributed by atoms with van der Waals surface area (Å²) >= 11 is 4.97. The van der Waals surface area contributed by atoms with Gasteiger partial charge in [0.2, 0.25) is 5.91 Å². The molecule has 0 aliphatic carbocycles. The van der Waals surface area contributed by atoms with Crippen LogP contribution in [-0.2, 0) is 4.79 Å². The third kappa shape index (κ3) is 6.07. The number of benzene rings is 2. The Bertz CT molecular complexity index is 891. The number of non-ortho nitro benzene ring substituents is 1. The fourth-order valence-corrected chi connectivity index (χ4v) is 3.18. The first-order valence-electron chi connectivity index (χ1n) is 8.43. The molecule has 2 aromatic rings. The summed E-state index contributed by atoms with van der Waals surface area (Å²) in [7, 11) is 0. The van der Waals surface area contributed by atoms with Crippen molar-refractivity contribution in [1.29, 1.82) is 0 Å². The summed E-state index contributed by atoms with van der Waals surface area (Å²) in [5, 5.41) is 16.4. The first-order chi connectivity index (χ1) is 13.3. The predicted octanol–water partition coefficient (Wildman–Crippen LogP) is 4.16. The van der Waals surface area contributed by atoms with E-state index in [0.29, 0.717) is 17.9 Å². The molecule has 1 unspecified atom stereocenters. The van der Waals surface area contributed by atoms with Gasteiger partial charge in [0, 0.05) is 27.9 Å². The fraction of sp³-hybridized carbons (Fsp3) is 0.263. The number of carbonyl (C=O) groups excluding carboxylic acids is 2. The molecule has 0 heterocycles. The minimum Gasteiger partial charge on any atom is -0.340 e. The van der Waals surface area contributed by atoms with Crippen molar-refractivity contribution in [3.63, 3.8) is 0 Å². The minimum atomic E-state index is -0.761. The molecule has 0 spiro atoms. The lowest BCUT2D eigenvalue weighted by Gasteiger charge is -2.18. The van der Waals surface area contributed by atoms with E-state index in [1.165, 1.54) is 24.3 Å². The average molecular weight is 466 g/mol. The first-order valence-corrected chi connectivity index (χ1v) is 10.6.